The van der Waals surface area contributed by atoms with Crippen molar-refractivity contribution in [2.75, 3.05) is 13.1 Å². The molecule has 14 heavy (non-hydrogen) atoms. The lowest BCUT2D eigenvalue weighted by molar-refractivity contribution is -0.131. The minimum atomic E-state index is 0.230. The molecule has 1 fully saturated rings. The first-order chi connectivity index (χ1) is 6.57. The van der Waals surface area contributed by atoms with E-state index in [0.29, 0.717) is 5.41 Å². The summed E-state index contributed by atoms with van der Waals surface area (Å²) in [5.41, 5.74) is 0.492. The highest BCUT2D eigenvalue weighted by Crippen LogP contribution is 2.33. The van der Waals surface area contributed by atoms with Gasteiger partial charge in [0.2, 0.25) is 5.91 Å². The summed E-state index contributed by atoms with van der Waals surface area (Å²) >= 11 is 0. The fourth-order valence-electron chi connectivity index (χ4n) is 1.72. The van der Waals surface area contributed by atoms with Gasteiger partial charge in [0.15, 0.2) is 0 Å². The number of carbonyl (C=O) groups excluding carboxylic acids is 1. The molecular weight excluding hydrogens is 174 g/mol. The van der Waals surface area contributed by atoms with Crippen LogP contribution in [0.2, 0.25) is 0 Å². The molecule has 0 atom stereocenters. The summed E-state index contributed by atoms with van der Waals surface area (Å²) in [6.07, 6.45) is 3.57. The molecule has 1 saturated heterocycles. The molecule has 0 aromatic heterocycles. The van der Waals surface area contributed by atoms with Gasteiger partial charge >= 0.3 is 0 Å². The van der Waals surface area contributed by atoms with E-state index in [1.807, 2.05) is 18.7 Å². The van der Waals surface area contributed by atoms with Gasteiger partial charge in [0, 0.05) is 20.0 Å². The third-order valence-corrected chi connectivity index (χ3v) is 3.27. The number of hydrogen-bond acceptors (Lipinski definition) is 1. The Morgan fingerprint density at radius 3 is 2.00 bits per heavy atom. The molecule has 1 rings (SSSR count). The second-order valence-electron chi connectivity index (χ2n) is 4.17. The van der Waals surface area contributed by atoms with E-state index in [2.05, 4.69) is 13.8 Å². The van der Waals surface area contributed by atoms with Gasteiger partial charge in [-0.05, 0) is 18.3 Å². The minimum absolute atomic E-state index is 0.230. The lowest BCUT2D eigenvalue weighted by atomic mass is 9.78. The zero-order chi connectivity index (χ0) is 11.2. The van der Waals surface area contributed by atoms with Crippen LogP contribution in [-0.4, -0.2) is 23.9 Å². The molecule has 1 aliphatic heterocycles. The minimum Gasteiger partial charge on any atom is -0.343 e. The summed E-state index contributed by atoms with van der Waals surface area (Å²) < 4.78 is 0. The number of likely N-dealkylation sites (tertiary alicyclic amines) is 1. The molecule has 0 unspecified atom stereocenters. The molecule has 1 amide bonds. The smallest absolute Gasteiger partial charge is 0.219 e. The summed E-state index contributed by atoms with van der Waals surface area (Å²) in [5, 5.41) is 0. The summed E-state index contributed by atoms with van der Waals surface area (Å²) in [4.78, 5) is 13.0. The Hall–Kier alpha value is -0.530. The second kappa shape index (κ2) is 6.05. The SMILES string of the molecule is CC.CCC1(C)CCN(C(C)=O)CC1. The lowest BCUT2D eigenvalue weighted by Crippen LogP contribution is -2.40. The van der Waals surface area contributed by atoms with Crippen molar-refractivity contribution < 1.29 is 4.79 Å². The van der Waals surface area contributed by atoms with Crippen molar-refractivity contribution in [1.29, 1.82) is 0 Å². The van der Waals surface area contributed by atoms with E-state index in [9.17, 15) is 4.79 Å². The highest BCUT2D eigenvalue weighted by atomic mass is 16.2. The maximum atomic E-state index is 11.0. The number of rotatable bonds is 1. The Morgan fingerprint density at radius 1 is 1.29 bits per heavy atom. The first kappa shape index (κ1) is 13.5. The zero-order valence-corrected chi connectivity index (χ0v) is 10.4. The van der Waals surface area contributed by atoms with Gasteiger partial charge in [-0.2, -0.15) is 0 Å². The summed E-state index contributed by atoms with van der Waals surface area (Å²) in [5.74, 6) is 0.230. The molecular formula is C12H25NO. The van der Waals surface area contributed by atoms with Crippen molar-refractivity contribution in [3.05, 3.63) is 0 Å². The molecule has 1 aliphatic rings. The highest BCUT2D eigenvalue weighted by molar-refractivity contribution is 5.73. The fourth-order valence-corrected chi connectivity index (χ4v) is 1.72. The Labute approximate surface area is 88.7 Å². The predicted octanol–water partition coefficient (Wildman–Crippen LogP) is 3.07. The summed E-state index contributed by atoms with van der Waals surface area (Å²) in [6.45, 7) is 12.1. The van der Waals surface area contributed by atoms with Gasteiger partial charge in [0.05, 0.1) is 0 Å². The van der Waals surface area contributed by atoms with Crippen LogP contribution in [0.5, 0.6) is 0 Å². The first-order valence-corrected chi connectivity index (χ1v) is 5.83. The molecule has 0 aliphatic carbocycles. The van der Waals surface area contributed by atoms with Gasteiger partial charge in [-0.3, -0.25) is 4.79 Å². The van der Waals surface area contributed by atoms with Gasteiger partial charge in [0.1, 0.15) is 0 Å². The van der Waals surface area contributed by atoms with Crippen molar-refractivity contribution in [2.24, 2.45) is 5.41 Å². The fraction of sp³-hybridized carbons (Fsp3) is 0.917. The molecule has 0 spiro atoms. The van der Waals surface area contributed by atoms with E-state index in [-0.39, 0.29) is 5.91 Å². The molecule has 2 heteroatoms. The molecule has 0 radical (unpaired) electrons. The monoisotopic (exact) mass is 199 g/mol. The Bertz CT molecular complexity index is 169. The van der Waals surface area contributed by atoms with Crippen LogP contribution in [0.15, 0.2) is 0 Å². The molecule has 84 valence electrons. The highest BCUT2D eigenvalue weighted by Gasteiger charge is 2.28. The number of amides is 1. The average Bonchev–Trinajstić information content (AvgIpc) is 2.21. The number of carbonyl (C=O) groups is 1. The van der Waals surface area contributed by atoms with Gasteiger partial charge in [-0.1, -0.05) is 34.1 Å². The molecule has 2 nitrogen and oxygen atoms in total. The van der Waals surface area contributed by atoms with E-state index in [1.165, 1.54) is 19.3 Å². The van der Waals surface area contributed by atoms with Gasteiger partial charge in [-0.25, -0.2) is 0 Å². The molecule has 0 saturated carbocycles. The Kier molecular flexibility index (Phi) is 5.82. The number of nitrogens with zero attached hydrogens (tertiary/aromatic N) is 1. The number of piperidine rings is 1. The van der Waals surface area contributed by atoms with Crippen molar-refractivity contribution in [2.45, 2.75) is 53.9 Å². The maximum Gasteiger partial charge on any atom is 0.219 e. The van der Waals surface area contributed by atoms with Crippen LogP contribution in [0.25, 0.3) is 0 Å². The van der Waals surface area contributed by atoms with E-state index < -0.39 is 0 Å². The molecule has 1 heterocycles. The van der Waals surface area contributed by atoms with Crippen LogP contribution < -0.4 is 0 Å². The normalized spacial score (nSPS) is 19.6. The quantitative estimate of drug-likeness (QED) is 0.635. The van der Waals surface area contributed by atoms with Crippen LogP contribution >= 0.6 is 0 Å². The van der Waals surface area contributed by atoms with E-state index >= 15 is 0 Å². The third kappa shape index (κ3) is 3.69. The van der Waals surface area contributed by atoms with Crippen molar-refractivity contribution in [3.8, 4) is 0 Å². The number of hydrogen-bond donors (Lipinski definition) is 0. The molecule has 0 aromatic rings. The summed E-state index contributed by atoms with van der Waals surface area (Å²) in [7, 11) is 0. The molecule has 0 N–H and O–H groups in total. The van der Waals surface area contributed by atoms with E-state index in [0.717, 1.165) is 13.1 Å². The third-order valence-electron chi connectivity index (χ3n) is 3.27. The lowest BCUT2D eigenvalue weighted by Gasteiger charge is -2.38. The standard InChI is InChI=1S/C10H19NO.C2H6/c1-4-10(3)5-7-11(8-6-10)9(2)12;1-2/h4-8H2,1-3H3;1-2H3. The van der Waals surface area contributed by atoms with Gasteiger partial charge in [0.25, 0.3) is 0 Å². The van der Waals surface area contributed by atoms with Crippen LogP contribution in [0.3, 0.4) is 0 Å². The maximum absolute atomic E-state index is 11.0. The summed E-state index contributed by atoms with van der Waals surface area (Å²) in [6, 6.07) is 0. The average molecular weight is 199 g/mol. The topological polar surface area (TPSA) is 20.3 Å². The first-order valence-electron chi connectivity index (χ1n) is 5.83. The van der Waals surface area contributed by atoms with Crippen LogP contribution in [0, 0.1) is 5.41 Å². The molecule has 0 aromatic carbocycles. The molecule has 0 bridgehead atoms. The van der Waals surface area contributed by atoms with Crippen LogP contribution in [-0.2, 0) is 4.79 Å². The van der Waals surface area contributed by atoms with E-state index in [4.69, 9.17) is 0 Å². The van der Waals surface area contributed by atoms with Gasteiger partial charge < -0.3 is 4.90 Å². The van der Waals surface area contributed by atoms with Crippen molar-refractivity contribution in [1.82, 2.24) is 4.90 Å². The predicted molar refractivity (Wildman–Crippen MR) is 61.2 cm³/mol. The van der Waals surface area contributed by atoms with Crippen LogP contribution in [0.4, 0.5) is 0 Å². The Morgan fingerprint density at radius 2 is 1.71 bits per heavy atom. The van der Waals surface area contributed by atoms with Gasteiger partial charge in [-0.15, -0.1) is 0 Å². The van der Waals surface area contributed by atoms with E-state index in [1.54, 1.807) is 6.92 Å². The van der Waals surface area contributed by atoms with Crippen LogP contribution in [0.1, 0.15) is 53.9 Å². The largest absolute Gasteiger partial charge is 0.343 e. The second-order valence-corrected chi connectivity index (χ2v) is 4.17. The zero-order valence-electron chi connectivity index (χ0n) is 10.4. The van der Waals surface area contributed by atoms with Crippen molar-refractivity contribution >= 4 is 5.91 Å². The Balaban J connectivity index is 0.000000791. The van der Waals surface area contributed by atoms with Crippen molar-refractivity contribution in [3.63, 3.8) is 0 Å².